The molecule has 0 aliphatic carbocycles. The van der Waals surface area contributed by atoms with E-state index in [-0.39, 0.29) is 29.6 Å². The average molecular weight is 299 g/mol. The molecule has 0 amide bonds. The smallest absolute Gasteiger partial charge is 0.247 e. The number of nitroso groups, excluding NO2 is 2. The van der Waals surface area contributed by atoms with Crippen molar-refractivity contribution in [1.82, 2.24) is 9.97 Å². The van der Waals surface area contributed by atoms with Crippen LogP contribution in [0, 0.1) is 9.81 Å². The van der Waals surface area contributed by atoms with Crippen molar-refractivity contribution in [3.05, 3.63) is 46.5 Å². The van der Waals surface area contributed by atoms with Crippen LogP contribution in [0.2, 0.25) is 0 Å². The van der Waals surface area contributed by atoms with Crippen LogP contribution >= 0.6 is 11.8 Å². The number of nitrogens with zero attached hydrogens (tertiary/aromatic N) is 4. The first-order valence-corrected chi connectivity index (χ1v) is 5.90. The largest absolute Gasteiger partial charge is 1.00 e. The Bertz CT molecular complexity index is 513. The summed E-state index contributed by atoms with van der Waals surface area (Å²) in [6.45, 7) is 0. The number of rotatable bonds is 6. The van der Waals surface area contributed by atoms with Crippen LogP contribution in [0.1, 0.15) is 0 Å². The molecule has 2 N–H and O–H groups in total. The Morgan fingerprint density at radius 2 is 1.30 bits per heavy atom. The normalized spacial score (nSPS) is 9.20. The molecule has 0 atom stereocenters. The van der Waals surface area contributed by atoms with Gasteiger partial charge < -0.3 is 0 Å². The van der Waals surface area contributed by atoms with E-state index >= 15 is 0 Å². The number of nitrogens with one attached hydrogen (secondary N) is 2. The first kappa shape index (κ1) is 16.5. The fraction of sp³-hybridized carbons (Fsp3) is 0. The molecule has 0 spiro atoms. The molecule has 0 saturated carbocycles. The molecule has 8 nitrogen and oxygen atoms in total. The summed E-state index contributed by atoms with van der Waals surface area (Å²) in [7, 11) is 0. The second kappa shape index (κ2) is 8.59. The number of anilines is 2. The number of pyridine rings is 2. The van der Waals surface area contributed by atoms with Gasteiger partial charge in [-0.15, -0.1) is 9.81 Å². The van der Waals surface area contributed by atoms with E-state index in [1.807, 2.05) is 0 Å². The molecular weight excluding hydrogens is 291 g/mol. The summed E-state index contributed by atoms with van der Waals surface area (Å²) in [6, 6.07) is 6.84. The Kier molecular flexibility index (Phi) is 7.09. The van der Waals surface area contributed by atoms with Crippen molar-refractivity contribution in [3.8, 4) is 0 Å². The molecule has 0 radical (unpaired) electrons. The zero-order valence-electron chi connectivity index (χ0n) is 10.5. The summed E-state index contributed by atoms with van der Waals surface area (Å²) in [5.74, 6) is 0. The minimum atomic E-state index is 0. The molecule has 0 unspecified atom stereocenters. The summed E-state index contributed by atoms with van der Waals surface area (Å²) >= 11 is 1.35. The first-order valence-electron chi connectivity index (χ1n) is 5.08. The van der Waals surface area contributed by atoms with Gasteiger partial charge in [0.2, 0.25) is 0 Å². The maximum absolute atomic E-state index is 10.00. The van der Waals surface area contributed by atoms with Gasteiger partial charge in [0.1, 0.15) is 10.1 Å². The van der Waals surface area contributed by atoms with Crippen LogP contribution in [0.25, 0.3) is 0 Å². The van der Waals surface area contributed by atoms with E-state index in [2.05, 4.69) is 31.4 Å². The van der Waals surface area contributed by atoms with E-state index in [1.54, 1.807) is 24.3 Å². The van der Waals surface area contributed by atoms with E-state index in [9.17, 15) is 9.81 Å². The monoisotopic (exact) mass is 299 g/mol. The van der Waals surface area contributed by atoms with Crippen LogP contribution in [0.3, 0.4) is 0 Å². The summed E-state index contributed by atoms with van der Waals surface area (Å²) in [5.41, 5.74) is 5.54. The van der Waals surface area contributed by atoms with E-state index in [1.165, 1.54) is 24.2 Å². The number of hydrogen-bond donors (Lipinski definition) is 2. The maximum Gasteiger partial charge on any atom is 1.00 e. The molecule has 0 bridgehead atoms. The fourth-order valence-corrected chi connectivity index (χ4v) is 1.92. The SMILES string of the molecule is O=NNc1ccc(Sc2ccc(NN=O)cn2)nc1.[Na+]. The predicted octanol–water partition coefficient (Wildman–Crippen LogP) is -0.182. The van der Waals surface area contributed by atoms with E-state index in [4.69, 9.17) is 0 Å². The molecule has 0 fully saturated rings. The van der Waals surface area contributed by atoms with Crippen molar-refractivity contribution in [1.29, 1.82) is 0 Å². The van der Waals surface area contributed by atoms with Gasteiger partial charge in [0.15, 0.2) is 0 Å². The van der Waals surface area contributed by atoms with Crippen LogP contribution in [0.5, 0.6) is 0 Å². The Hall–Kier alpha value is -1.55. The van der Waals surface area contributed by atoms with E-state index in [0.717, 1.165) is 10.1 Å². The van der Waals surface area contributed by atoms with Crippen molar-refractivity contribution in [2.45, 2.75) is 10.1 Å². The number of hydrogen-bond acceptors (Lipinski definition) is 7. The molecule has 2 aromatic rings. The van der Waals surface area contributed by atoms with Gasteiger partial charge in [-0.2, -0.15) is 0 Å². The topological polar surface area (TPSA) is 109 Å². The third-order valence-corrected chi connectivity index (χ3v) is 2.93. The molecule has 0 aliphatic rings. The Morgan fingerprint density at radius 3 is 1.60 bits per heavy atom. The van der Waals surface area contributed by atoms with E-state index < -0.39 is 0 Å². The minimum Gasteiger partial charge on any atom is -0.247 e. The van der Waals surface area contributed by atoms with E-state index in [0.29, 0.717) is 11.4 Å². The van der Waals surface area contributed by atoms with Crippen LogP contribution < -0.4 is 40.4 Å². The van der Waals surface area contributed by atoms with Crippen molar-refractivity contribution in [2.75, 3.05) is 10.9 Å². The molecule has 10 heteroatoms. The molecule has 0 aliphatic heterocycles. The second-order valence-corrected chi connectivity index (χ2v) is 4.32. The van der Waals surface area contributed by atoms with Gasteiger partial charge in [0, 0.05) is 0 Å². The van der Waals surface area contributed by atoms with Gasteiger partial charge in [-0.1, -0.05) is 11.8 Å². The maximum atomic E-state index is 10.00. The van der Waals surface area contributed by atoms with Crippen LogP contribution in [-0.2, 0) is 0 Å². The summed E-state index contributed by atoms with van der Waals surface area (Å²) in [6.07, 6.45) is 2.99. The molecular formula is C10H8N6NaO2S+. The molecule has 96 valence electrons. The van der Waals surface area contributed by atoms with Gasteiger partial charge in [-0.25, -0.2) is 20.8 Å². The number of aromatic nitrogens is 2. The van der Waals surface area contributed by atoms with Crippen LogP contribution in [-0.4, -0.2) is 9.97 Å². The standard InChI is InChI=1S/C10H8N6O2S.Na/c17-15-13-7-1-3-9(11-5-7)19-10-4-2-8(6-12-10)14-16-18;/h1-6H,(H,13,17)(H,14,18);/q;+1. The third kappa shape index (κ3) is 4.85. The van der Waals surface area contributed by atoms with Gasteiger partial charge in [-0.05, 0) is 24.3 Å². The van der Waals surface area contributed by atoms with Crippen molar-refractivity contribution < 1.29 is 29.6 Å². The summed E-state index contributed by atoms with van der Waals surface area (Å²) in [4.78, 5) is 28.2. The van der Waals surface area contributed by atoms with Gasteiger partial charge in [0.05, 0.1) is 34.3 Å². The molecule has 2 heterocycles. The van der Waals surface area contributed by atoms with Crippen LogP contribution in [0.15, 0.2) is 57.3 Å². The Labute approximate surface area is 140 Å². The van der Waals surface area contributed by atoms with Crippen LogP contribution in [0.4, 0.5) is 11.4 Å². The van der Waals surface area contributed by atoms with Gasteiger partial charge in [-0.3, -0.25) is 0 Å². The fourth-order valence-electron chi connectivity index (χ4n) is 1.23. The van der Waals surface area contributed by atoms with Crippen molar-refractivity contribution in [3.63, 3.8) is 0 Å². The third-order valence-electron chi connectivity index (χ3n) is 2.03. The zero-order chi connectivity index (χ0) is 13.5. The molecule has 2 aromatic heterocycles. The Morgan fingerprint density at radius 1 is 0.850 bits per heavy atom. The zero-order valence-corrected chi connectivity index (χ0v) is 13.3. The Balaban J connectivity index is 0.00000200. The average Bonchev–Trinajstić information content (AvgIpc) is 2.44. The molecule has 20 heavy (non-hydrogen) atoms. The van der Waals surface area contributed by atoms with Crippen molar-refractivity contribution in [2.24, 2.45) is 10.6 Å². The van der Waals surface area contributed by atoms with Crippen molar-refractivity contribution >= 4 is 23.1 Å². The molecule has 0 saturated heterocycles. The first-order chi connectivity index (χ1) is 9.31. The minimum absolute atomic E-state index is 0. The molecule has 0 aromatic carbocycles. The summed E-state index contributed by atoms with van der Waals surface area (Å²) < 4.78 is 0. The van der Waals surface area contributed by atoms with Gasteiger partial charge >= 0.3 is 29.6 Å². The van der Waals surface area contributed by atoms with Gasteiger partial charge in [0.25, 0.3) is 0 Å². The predicted molar refractivity (Wildman–Crippen MR) is 71.4 cm³/mol. The quantitative estimate of drug-likeness (QED) is 0.432. The molecule has 2 rings (SSSR count). The summed E-state index contributed by atoms with van der Waals surface area (Å²) in [5, 5.41) is 6.53. The second-order valence-electron chi connectivity index (χ2n) is 3.28.